The second-order valence-electron chi connectivity index (χ2n) is 4.64. The molecule has 3 aromatic rings. The molecule has 0 amide bonds. The summed E-state index contributed by atoms with van der Waals surface area (Å²) in [6, 6.07) is 12.1. The molecule has 0 aliphatic rings. The molecule has 0 aliphatic carbocycles. The molecule has 0 saturated heterocycles. The van der Waals surface area contributed by atoms with Gasteiger partial charge in [0, 0.05) is 29.9 Å². The van der Waals surface area contributed by atoms with Gasteiger partial charge in [-0.15, -0.1) is 0 Å². The second-order valence-corrected chi connectivity index (χ2v) is 4.64. The zero-order valence-corrected chi connectivity index (χ0v) is 11.9. The third kappa shape index (κ3) is 2.83. The van der Waals surface area contributed by atoms with Crippen molar-refractivity contribution in [3.63, 3.8) is 0 Å². The van der Waals surface area contributed by atoms with Crippen LogP contribution in [0.3, 0.4) is 0 Å². The Morgan fingerprint density at radius 1 is 1.14 bits per heavy atom. The lowest BCUT2D eigenvalue weighted by atomic mass is 10.1. The van der Waals surface area contributed by atoms with E-state index < -0.39 is 0 Å². The summed E-state index contributed by atoms with van der Waals surface area (Å²) >= 11 is 0. The quantitative estimate of drug-likeness (QED) is 0.779. The van der Waals surface area contributed by atoms with Crippen LogP contribution < -0.4 is 5.32 Å². The molecule has 1 N–H and O–H groups in total. The summed E-state index contributed by atoms with van der Waals surface area (Å²) in [5.74, 6) is 0.770. The van der Waals surface area contributed by atoms with Gasteiger partial charge >= 0.3 is 0 Å². The fraction of sp³-hybridized carbons (Fsp3) is 0.188. The molecule has 0 aliphatic heterocycles. The van der Waals surface area contributed by atoms with E-state index in [0.29, 0.717) is 0 Å². The molecular formula is C16H17N5. The molecule has 2 heterocycles. The number of aromatic nitrogens is 4. The van der Waals surface area contributed by atoms with Crippen molar-refractivity contribution in [2.45, 2.75) is 13.5 Å². The van der Waals surface area contributed by atoms with Gasteiger partial charge in [0.1, 0.15) is 6.33 Å². The van der Waals surface area contributed by atoms with E-state index in [1.807, 2.05) is 35.1 Å². The molecule has 0 atom stereocenters. The van der Waals surface area contributed by atoms with Gasteiger partial charge in [0.25, 0.3) is 0 Å². The van der Waals surface area contributed by atoms with Crippen molar-refractivity contribution in [2.24, 2.45) is 0 Å². The Morgan fingerprint density at radius 2 is 2.00 bits per heavy atom. The SMILES string of the molecule is CCNCc1cnn(-c2ccncn2)c1-c1ccccc1. The molecule has 106 valence electrons. The van der Waals surface area contributed by atoms with Crippen LogP contribution in [0.15, 0.2) is 55.1 Å². The van der Waals surface area contributed by atoms with Crippen molar-refractivity contribution in [1.82, 2.24) is 25.1 Å². The number of nitrogens with one attached hydrogen (secondary N) is 1. The van der Waals surface area contributed by atoms with Gasteiger partial charge in [0.2, 0.25) is 0 Å². The Hall–Kier alpha value is -2.53. The minimum absolute atomic E-state index is 0.770. The van der Waals surface area contributed by atoms with Gasteiger partial charge in [-0.3, -0.25) is 0 Å². The van der Waals surface area contributed by atoms with Crippen LogP contribution in [0.1, 0.15) is 12.5 Å². The van der Waals surface area contributed by atoms with E-state index in [1.165, 1.54) is 6.33 Å². The molecule has 0 saturated carbocycles. The first-order valence-electron chi connectivity index (χ1n) is 6.99. The molecule has 5 nitrogen and oxygen atoms in total. The predicted octanol–water partition coefficient (Wildman–Crippen LogP) is 2.44. The number of nitrogens with zero attached hydrogens (tertiary/aromatic N) is 4. The van der Waals surface area contributed by atoms with E-state index in [1.54, 1.807) is 6.20 Å². The molecule has 3 rings (SSSR count). The molecule has 0 fully saturated rings. The van der Waals surface area contributed by atoms with Crippen molar-refractivity contribution in [1.29, 1.82) is 0 Å². The highest BCUT2D eigenvalue weighted by molar-refractivity contribution is 5.65. The van der Waals surface area contributed by atoms with Crippen molar-refractivity contribution in [3.8, 4) is 17.1 Å². The predicted molar refractivity (Wildman–Crippen MR) is 82.0 cm³/mol. The van der Waals surface area contributed by atoms with E-state index in [2.05, 4.69) is 39.4 Å². The first-order chi connectivity index (χ1) is 10.4. The summed E-state index contributed by atoms with van der Waals surface area (Å²) < 4.78 is 1.86. The van der Waals surface area contributed by atoms with E-state index in [0.717, 1.165) is 35.7 Å². The third-order valence-electron chi connectivity index (χ3n) is 3.24. The van der Waals surface area contributed by atoms with E-state index in [4.69, 9.17) is 0 Å². The number of hydrogen-bond acceptors (Lipinski definition) is 4. The van der Waals surface area contributed by atoms with Gasteiger partial charge in [0.05, 0.1) is 11.9 Å². The minimum Gasteiger partial charge on any atom is -0.313 e. The number of hydrogen-bond donors (Lipinski definition) is 1. The lowest BCUT2D eigenvalue weighted by molar-refractivity contribution is 0.727. The average Bonchev–Trinajstić information content (AvgIpc) is 2.98. The monoisotopic (exact) mass is 279 g/mol. The smallest absolute Gasteiger partial charge is 0.157 e. The zero-order chi connectivity index (χ0) is 14.5. The summed E-state index contributed by atoms with van der Waals surface area (Å²) in [5.41, 5.74) is 3.35. The van der Waals surface area contributed by atoms with Crippen molar-refractivity contribution < 1.29 is 0 Å². The van der Waals surface area contributed by atoms with Crippen LogP contribution in [-0.4, -0.2) is 26.3 Å². The van der Waals surface area contributed by atoms with Crippen molar-refractivity contribution in [3.05, 3.63) is 60.7 Å². The van der Waals surface area contributed by atoms with Gasteiger partial charge < -0.3 is 5.32 Å². The topological polar surface area (TPSA) is 55.6 Å². The molecule has 21 heavy (non-hydrogen) atoms. The van der Waals surface area contributed by atoms with Crippen LogP contribution in [0.2, 0.25) is 0 Å². The highest BCUT2D eigenvalue weighted by atomic mass is 15.3. The fourth-order valence-electron chi connectivity index (χ4n) is 2.26. The molecule has 1 aromatic carbocycles. The standard InChI is InChI=1S/C16H17N5/c1-2-17-10-14-11-20-21(15-8-9-18-12-19-15)16(14)13-6-4-3-5-7-13/h3-9,11-12,17H,2,10H2,1H3. The fourth-order valence-corrected chi connectivity index (χ4v) is 2.26. The van der Waals surface area contributed by atoms with Crippen LogP contribution in [0.25, 0.3) is 17.1 Å². The number of rotatable bonds is 5. The van der Waals surface area contributed by atoms with Gasteiger partial charge in [-0.2, -0.15) is 5.10 Å². The second kappa shape index (κ2) is 6.28. The minimum atomic E-state index is 0.770. The molecule has 5 heteroatoms. The molecule has 0 unspecified atom stereocenters. The molecule has 2 aromatic heterocycles. The maximum absolute atomic E-state index is 4.50. The van der Waals surface area contributed by atoms with Crippen molar-refractivity contribution in [2.75, 3.05) is 6.54 Å². The largest absolute Gasteiger partial charge is 0.313 e. The normalized spacial score (nSPS) is 10.7. The Bertz CT molecular complexity index is 691. The highest BCUT2D eigenvalue weighted by Gasteiger charge is 2.14. The summed E-state index contributed by atoms with van der Waals surface area (Å²) in [6.07, 6.45) is 5.16. The maximum Gasteiger partial charge on any atom is 0.157 e. The summed E-state index contributed by atoms with van der Waals surface area (Å²) in [4.78, 5) is 8.26. The van der Waals surface area contributed by atoms with Crippen LogP contribution in [-0.2, 0) is 6.54 Å². The first-order valence-corrected chi connectivity index (χ1v) is 6.99. The van der Waals surface area contributed by atoms with E-state index >= 15 is 0 Å². The highest BCUT2D eigenvalue weighted by Crippen LogP contribution is 2.25. The van der Waals surface area contributed by atoms with Crippen LogP contribution in [0, 0.1) is 0 Å². The zero-order valence-electron chi connectivity index (χ0n) is 11.9. The third-order valence-corrected chi connectivity index (χ3v) is 3.24. The Labute approximate surface area is 123 Å². The van der Waals surface area contributed by atoms with Crippen LogP contribution >= 0.6 is 0 Å². The molecule has 0 bridgehead atoms. The lowest BCUT2D eigenvalue weighted by Gasteiger charge is -2.09. The van der Waals surface area contributed by atoms with Crippen LogP contribution in [0.5, 0.6) is 0 Å². The summed E-state index contributed by atoms with van der Waals surface area (Å²) in [5, 5.41) is 7.86. The Kier molecular flexibility index (Phi) is 4.02. The van der Waals surface area contributed by atoms with Gasteiger partial charge in [0.15, 0.2) is 5.82 Å². The first kappa shape index (κ1) is 13.5. The molecule has 0 spiro atoms. The molecular weight excluding hydrogens is 262 g/mol. The van der Waals surface area contributed by atoms with Gasteiger partial charge in [-0.1, -0.05) is 37.3 Å². The van der Waals surface area contributed by atoms with Crippen molar-refractivity contribution >= 4 is 0 Å². The number of benzene rings is 1. The van der Waals surface area contributed by atoms with Crippen LogP contribution in [0.4, 0.5) is 0 Å². The van der Waals surface area contributed by atoms with E-state index in [-0.39, 0.29) is 0 Å². The summed E-state index contributed by atoms with van der Waals surface area (Å²) in [6.45, 7) is 3.80. The van der Waals surface area contributed by atoms with Gasteiger partial charge in [-0.05, 0) is 6.54 Å². The maximum atomic E-state index is 4.50. The average molecular weight is 279 g/mol. The van der Waals surface area contributed by atoms with E-state index in [9.17, 15) is 0 Å². The Balaban J connectivity index is 2.11. The summed E-state index contributed by atoms with van der Waals surface area (Å²) in [7, 11) is 0. The van der Waals surface area contributed by atoms with Gasteiger partial charge in [-0.25, -0.2) is 14.6 Å². The Morgan fingerprint density at radius 3 is 2.71 bits per heavy atom. The lowest BCUT2D eigenvalue weighted by Crippen LogP contribution is -2.12. The molecule has 0 radical (unpaired) electrons.